The number of nitrogens with two attached hydrogens (primary N) is 1. The number of rotatable bonds is 9. The Morgan fingerprint density at radius 2 is 1.87 bits per heavy atom. The molecule has 1 heterocycles. The zero-order valence-corrected chi connectivity index (χ0v) is 17.6. The van der Waals surface area contributed by atoms with E-state index in [1.165, 1.54) is 4.90 Å². The van der Waals surface area contributed by atoms with Crippen molar-refractivity contribution in [3.8, 4) is 5.75 Å². The van der Waals surface area contributed by atoms with Crippen molar-refractivity contribution in [1.29, 1.82) is 0 Å². The van der Waals surface area contributed by atoms with Gasteiger partial charge in [0, 0.05) is 0 Å². The number of aldehydes is 1. The second-order valence-electron chi connectivity index (χ2n) is 6.47. The van der Waals surface area contributed by atoms with Crippen LogP contribution in [0.15, 0.2) is 54.6 Å². The van der Waals surface area contributed by atoms with E-state index in [0.717, 1.165) is 34.7 Å². The molecule has 1 aliphatic heterocycles. The topological polar surface area (TPSA) is 107 Å². The van der Waals surface area contributed by atoms with Gasteiger partial charge in [-0.1, -0.05) is 54.2 Å². The van der Waals surface area contributed by atoms with Crippen molar-refractivity contribution in [3.05, 3.63) is 65.7 Å². The largest absolute Gasteiger partial charge is 0.492 e. The minimum Gasteiger partial charge on any atom is -0.492 e. The summed E-state index contributed by atoms with van der Waals surface area (Å²) < 4.78 is 5.65. The molecule has 1 saturated heterocycles. The van der Waals surface area contributed by atoms with E-state index in [2.05, 4.69) is 0 Å². The molecule has 3 amide bonds. The molecule has 2 atom stereocenters. The lowest BCUT2D eigenvalue weighted by molar-refractivity contribution is -0.127. The molecule has 156 valence electrons. The van der Waals surface area contributed by atoms with Crippen molar-refractivity contribution in [2.24, 2.45) is 5.73 Å². The molecule has 7 nitrogen and oxygen atoms in total. The Hall–Kier alpha value is -2.78. The molecule has 1 aliphatic rings. The van der Waals surface area contributed by atoms with Gasteiger partial charge in [0.05, 0.1) is 11.8 Å². The van der Waals surface area contributed by atoms with Crippen molar-refractivity contribution >= 4 is 46.2 Å². The Morgan fingerprint density at radius 3 is 2.50 bits per heavy atom. The highest BCUT2D eigenvalue weighted by Crippen LogP contribution is 2.38. The standard InChI is InChI=1S/C21H20N2O5S2/c22-20(26)29-17(13-24)12-14-6-8-16(9-7-14)28-11-10-23-19(25)18(30-21(23)27)15-4-2-1-3-5-15/h1-9,13,17-18H,10-12H2,(H2,22,26). The molecular formula is C21H20N2O5S2. The van der Waals surface area contributed by atoms with Crippen molar-refractivity contribution in [1.82, 2.24) is 4.90 Å². The molecule has 0 saturated carbocycles. The smallest absolute Gasteiger partial charge is 0.289 e. The summed E-state index contributed by atoms with van der Waals surface area (Å²) >= 11 is 1.81. The molecule has 30 heavy (non-hydrogen) atoms. The van der Waals surface area contributed by atoms with Crippen LogP contribution in [-0.4, -0.2) is 46.0 Å². The zero-order chi connectivity index (χ0) is 21.5. The third kappa shape index (κ3) is 5.64. The second-order valence-corrected chi connectivity index (χ2v) is 8.77. The molecule has 2 unspecified atom stereocenters. The van der Waals surface area contributed by atoms with Gasteiger partial charge < -0.3 is 15.3 Å². The molecule has 2 aromatic carbocycles. The maximum Gasteiger partial charge on any atom is 0.289 e. The average Bonchev–Trinajstić information content (AvgIpc) is 3.03. The lowest BCUT2D eigenvalue weighted by Gasteiger charge is -2.15. The van der Waals surface area contributed by atoms with E-state index in [1.54, 1.807) is 24.3 Å². The first-order valence-corrected chi connectivity index (χ1v) is 10.9. The van der Waals surface area contributed by atoms with Crippen LogP contribution in [-0.2, 0) is 16.0 Å². The quantitative estimate of drug-likeness (QED) is 0.591. The van der Waals surface area contributed by atoms with Crippen molar-refractivity contribution in [2.45, 2.75) is 16.9 Å². The summed E-state index contributed by atoms with van der Waals surface area (Å²) in [6.07, 6.45) is 1.08. The molecule has 0 spiro atoms. The number of hydrogen-bond donors (Lipinski definition) is 1. The number of thioether (sulfide) groups is 2. The first-order valence-electron chi connectivity index (χ1n) is 9.18. The van der Waals surface area contributed by atoms with Crippen LogP contribution in [0.3, 0.4) is 0 Å². The number of hydrogen-bond acceptors (Lipinski definition) is 7. The third-order valence-electron chi connectivity index (χ3n) is 4.39. The van der Waals surface area contributed by atoms with Gasteiger partial charge in [-0.15, -0.1) is 0 Å². The number of ether oxygens (including phenoxy) is 1. The van der Waals surface area contributed by atoms with E-state index in [-0.39, 0.29) is 24.3 Å². The number of primary amides is 1. The fourth-order valence-electron chi connectivity index (χ4n) is 2.96. The number of nitrogens with zero attached hydrogens (tertiary/aromatic N) is 1. The molecule has 2 aromatic rings. The molecular weight excluding hydrogens is 424 g/mol. The first-order chi connectivity index (χ1) is 14.5. The van der Waals surface area contributed by atoms with Gasteiger partial charge in [0.25, 0.3) is 10.5 Å². The third-order valence-corrected chi connectivity index (χ3v) is 6.34. The summed E-state index contributed by atoms with van der Waals surface area (Å²) in [7, 11) is 0. The predicted molar refractivity (Wildman–Crippen MR) is 117 cm³/mol. The highest BCUT2D eigenvalue weighted by atomic mass is 32.2. The van der Waals surface area contributed by atoms with Gasteiger partial charge in [-0.05, 0) is 41.4 Å². The van der Waals surface area contributed by atoms with Crippen LogP contribution in [0.4, 0.5) is 9.59 Å². The average molecular weight is 445 g/mol. The molecule has 0 aromatic heterocycles. The van der Waals surface area contributed by atoms with Crippen LogP contribution in [0.5, 0.6) is 5.75 Å². The van der Waals surface area contributed by atoms with Crippen LogP contribution >= 0.6 is 23.5 Å². The van der Waals surface area contributed by atoms with Crippen LogP contribution in [0.25, 0.3) is 0 Å². The molecule has 0 aliphatic carbocycles. The molecule has 0 bridgehead atoms. The summed E-state index contributed by atoms with van der Waals surface area (Å²) in [6.45, 7) is 0.339. The highest BCUT2D eigenvalue weighted by molar-refractivity contribution is 8.15. The maximum atomic E-state index is 12.6. The van der Waals surface area contributed by atoms with Gasteiger partial charge in [0.15, 0.2) is 0 Å². The number of carbonyl (C=O) groups is 4. The Balaban J connectivity index is 1.50. The van der Waals surface area contributed by atoms with Crippen LogP contribution in [0.1, 0.15) is 16.4 Å². The van der Waals surface area contributed by atoms with Crippen molar-refractivity contribution in [3.63, 3.8) is 0 Å². The normalized spacial score (nSPS) is 17.1. The Bertz CT molecular complexity index is 921. The maximum absolute atomic E-state index is 12.6. The van der Waals surface area contributed by atoms with E-state index in [4.69, 9.17) is 10.5 Å². The van der Waals surface area contributed by atoms with Crippen LogP contribution < -0.4 is 10.5 Å². The minimum atomic E-state index is -0.592. The fraction of sp³-hybridized carbons (Fsp3) is 0.238. The van der Waals surface area contributed by atoms with Crippen molar-refractivity contribution in [2.75, 3.05) is 13.2 Å². The van der Waals surface area contributed by atoms with Gasteiger partial charge in [0.2, 0.25) is 5.91 Å². The summed E-state index contributed by atoms with van der Waals surface area (Å²) in [5, 5.41) is -1.91. The summed E-state index contributed by atoms with van der Waals surface area (Å²) in [5.74, 6) is 0.345. The lowest BCUT2D eigenvalue weighted by atomic mass is 10.1. The number of carbonyl (C=O) groups excluding carboxylic acids is 4. The lowest BCUT2D eigenvalue weighted by Crippen LogP contribution is -2.33. The van der Waals surface area contributed by atoms with Gasteiger partial charge in [0.1, 0.15) is 23.9 Å². The van der Waals surface area contributed by atoms with Gasteiger partial charge >= 0.3 is 0 Å². The Labute approximate surface area is 182 Å². The summed E-state index contributed by atoms with van der Waals surface area (Å²) in [4.78, 5) is 48.0. The van der Waals surface area contributed by atoms with Crippen molar-refractivity contribution < 1.29 is 23.9 Å². The molecule has 0 radical (unpaired) electrons. The Kier molecular flexibility index (Phi) is 7.53. The second kappa shape index (κ2) is 10.3. The van der Waals surface area contributed by atoms with E-state index < -0.39 is 15.7 Å². The van der Waals surface area contributed by atoms with E-state index in [9.17, 15) is 19.2 Å². The number of benzene rings is 2. The minimum absolute atomic E-state index is 0.165. The van der Waals surface area contributed by atoms with Gasteiger partial charge in [-0.25, -0.2) is 0 Å². The molecule has 9 heteroatoms. The first kappa shape index (κ1) is 21.9. The Morgan fingerprint density at radius 1 is 1.17 bits per heavy atom. The van der Waals surface area contributed by atoms with E-state index in [0.29, 0.717) is 18.5 Å². The van der Waals surface area contributed by atoms with E-state index >= 15 is 0 Å². The van der Waals surface area contributed by atoms with Crippen LogP contribution in [0, 0.1) is 0 Å². The number of imide groups is 1. The molecule has 1 fully saturated rings. The van der Waals surface area contributed by atoms with Crippen LogP contribution in [0.2, 0.25) is 0 Å². The van der Waals surface area contributed by atoms with Gasteiger partial charge in [-0.2, -0.15) is 0 Å². The summed E-state index contributed by atoms with van der Waals surface area (Å²) in [5.41, 5.74) is 6.78. The van der Waals surface area contributed by atoms with Gasteiger partial charge in [-0.3, -0.25) is 19.3 Å². The number of amides is 3. The highest BCUT2D eigenvalue weighted by Gasteiger charge is 2.40. The SMILES string of the molecule is NC(=O)SC(C=O)Cc1ccc(OCCN2C(=O)SC(c3ccccc3)C2=O)cc1. The molecule has 3 rings (SSSR count). The molecule has 2 N–H and O–H groups in total. The summed E-state index contributed by atoms with van der Waals surface area (Å²) in [6, 6.07) is 16.3. The monoisotopic (exact) mass is 444 g/mol. The fourth-order valence-corrected chi connectivity index (χ4v) is 4.62. The van der Waals surface area contributed by atoms with E-state index in [1.807, 2.05) is 30.3 Å². The predicted octanol–water partition coefficient (Wildman–Crippen LogP) is 3.42. The zero-order valence-electron chi connectivity index (χ0n) is 15.9.